The van der Waals surface area contributed by atoms with Gasteiger partial charge in [0.25, 0.3) is 11.8 Å². The molecule has 8 nitrogen and oxygen atoms in total. The molecule has 0 spiro atoms. The molecule has 0 saturated carbocycles. The maximum absolute atomic E-state index is 12.9. The molecule has 2 atom stereocenters. The van der Waals surface area contributed by atoms with E-state index in [4.69, 9.17) is 0 Å². The third-order valence-electron chi connectivity index (χ3n) is 6.30. The van der Waals surface area contributed by atoms with E-state index in [2.05, 4.69) is 24.5 Å². The average Bonchev–Trinajstić information content (AvgIpc) is 2.82. The molecule has 2 amide bonds. The SMILES string of the molecule is CCCCC(CC)CNC(=O)c1cc(C(=O)NCC(CC)CCCC)c(C(=O)O)cc1C(=O)O. The van der Waals surface area contributed by atoms with Gasteiger partial charge in [-0.1, -0.05) is 66.2 Å². The zero-order valence-electron chi connectivity index (χ0n) is 20.9. The lowest BCUT2D eigenvalue weighted by molar-refractivity contribution is 0.0687. The van der Waals surface area contributed by atoms with Gasteiger partial charge in [0.15, 0.2) is 0 Å². The first-order valence-electron chi connectivity index (χ1n) is 12.4. The van der Waals surface area contributed by atoms with Gasteiger partial charge in [-0.3, -0.25) is 9.59 Å². The van der Waals surface area contributed by atoms with Crippen molar-refractivity contribution in [3.8, 4) is 0 Å². The summed E-state index contributed by atoms with van der Waals surface area (Å²) in [7, 11) is 0. The second-order valence-corrected chi connectivity index (χ2v) is 8.81. The molecule has 0 aliphatic carbocycles. The number of aromatic carboxylic acids is 2. The monoisotopic (exact) mass is 476 g/mol. The van der Waals surface area contributed by atoms with Crippen molar-refractivity contribution in [2.24, 2.45) is 11.8 Å². The number of unbranched alkanes of at least 4 members (excludes halogenated alkanes) is 2. The van der Waals surface area contributed by atoms with Gasteiger partial charge in [0.1, 0.15) is 0 Å². The lowest BCUT2D eigenvalue weighted by Crippen LogP contribution is -2.33. The molecule has 0 aliphatic heterocycles. The van der Waals surface area contributed by atoms with E-state index in [-0.39, 0.29) is 23.0 Å². The van der Waals surface area contributed by atoms with Gasteiger partial charge in [-0.2, -0.15) is 0 Å². The summed E-state index contributed by atoms with van der Waals surface area (Å²) in [6.45, 7) is 9.01. The van der Waals surface area contributed by atoms with E-state index in [1.807, 2.05) is 13.8 Å². The summed E-state index contributed by atoms with van der Waals surface area (Å²) in [6, 6.07) is 1.99. The number of hydrogen-bond acceptors (Lipinski definition) is 4. The van der Waals surface area contributed by atoms with Crippen LogP contribution in [0.25, 0.3) is 0 Å². The zero-order chi connectivity index (χ0) is 25.7. The highest BCUT2D eigenvalue weighted by atomic mass is 16.4. The molecule has 190 valence electrons. The maximum atomic E-state index is 12.9. The van der Waals surface area contributed by atoms with Crippen molar-refractivity contribution in [1.29, 1.82) is 0 Å². The fourth-order valence-corrected chi connectivity index (χ4v) is 3.88. The minimum absolute atomic E-state index is 0.217. The Morgan fingerprint density at radius 1 is 0.676 bits per heavy atom. The van der Waals surface area contributed by atoms with Crippen LogP contribution in [0.4, 0.5) is 0 Å². The summed E-state index contributed by atoms with van der Waals surface area (Å²) in [5.74, 6) is -3.60. The predicted molar refractivity (Wildman–Crippen MR) is 132 cm³/mol. The van der Waals surface area contributed by atoms with Crippen molar-refractivity contribution in [1.82, 2.24) is 10.6 Å². The highest BCUT2D eigenvalue weighted by molar-refractivity contribution is 6.11. The fraction of sp³-hybridized carbons (Fsp3) is 0.615. The molecular formula is C26H40N2O6. The first-order valence-corrected chi connectivity index (χ1v) is 12.4. The van der Waals surface area contributed by atoms with E-state index in [0.29, 0.717) is 13.1 Å². The van der Waals surface area contributed by atoms with E-state index in [1.54, 1.807) is 0 Å². The molecule has 4 N–H and O–H groups in total. The van der Waals surface area contributed by atoms with E-state index < -0.39 is 34.9 Å². The van der Waals surface area contributed by atoms with Crippen LogP contribution < -0.4 is 10.6 Å². The Balaban J connectivity index is 3.21. The minimum atomic E-state index is -1.43. The Bertz CT molecular complexity index is 787. The van der Waals surface area contributed by atoms with Crippen molar-refractivity contribution < 1.29 is 29.4 Å². The smallest absolute Gasteiger partial charge is 0.336 e. The molecule has 1 rings (SSSR count). The molecule has 0 bridgehead atoms. The van der Waals surface area contributed by atoms with Gasteiger partial charge < -0.3 is 20.8 Å². The average molecular weight is 477 g/mol. The van der Waals surface area contributed by atoms with Crippen LogP contribution in [0.2, 0.25) is 0 Å². The van der Waals surface area contributed by atoms with E-state index in [9.17, 15) is 29.4 Å². The molecule has 0 radical (unpaired) electrons. The zero-order valence-corrected chi connectivity index (χ0v) is 20.9. The Hall–Kier alpha value is -2.90. The minimum Gasteiger partial charge on any atom is -0.478 e. The molecule has 34 heavy (non-hydrogen) atoms. The number of benzene rings is 1. The molecule has 0 saturated heterocycles. The summed E-state index contributed by atoms with van der Waals surface area (Å²) in [4.78, 5) is 49.4. The number of carboxylic acids is 2. The normalized spacial score (nSPS) is 12.6. The van der Waals surface area contributed by atoms with Crippen molar-refractivity contribution >= 4 is 23.8 Å². The molecule has 0 aliphatic rings. The number of amides is 2. The van der Waals surface area contributed by atoms with Crippen LogP contribution in [0, 0.1) is 11.8 Å². The Morgan fingerprint density at radius 3 is 1.32 bits per heavy atom. The number of nitrogens with one attached hydrogen (secondary N) is 2. The van der Waals surface area contributed by atoms with Crippen LogP contribution >= 0.6 is 0 Å². The second-order valence-electron chi connectivity index (χ2n) is 8.81. The summed E-state index contributed by atoms with van der Waals surface area (Å²) >= 11 is 0. The van der Waals surface area contributed by atoms with E-state index in [1.165, 1.54) is 0 Å². The lowest BCUT2D eigenvalue weighted by Gasteiger charge is -2.18. The molecule has 0 fully saturated rings. The van der Waals surface area contributed by atoms with Crippen LogP contribution in [0.1, 0.15) is 120 Å². The van der Waals surface area contributed by atoms with Gasteiger partial charge in [0.05, 0.1) is 22.3 Å². The number of carboxylic acid groups (broad SMARTS) is 2. The highest BCUT2D eigenvalue weighted by Crippen LogP contribution is 2.20. The topological polar surface area (TPSA) is 133 Å². The van der Waals surface area contributed by atoms with Gasteiger partial charge >= 0.3 is 11.9 Å². The molecule has 8 heteroatoms. The van der Waals surface area contributed by atoms with Crippen molar-refractivity contribution in [3.63, 3.8) is 0 Å². The van der Waals surface area contributed by atoms with Crippen LogP contribution in [0.15, 0.2) is 12.1 Å². The number of carbonyl (C=O) groups excluding carboxylic acids is 2. The summed E-state index contributed by atoms with van der Waals surface area (Å²) in [5, 5.41) is 24.8. The number of rotatable bonds is 16. The molecule has 1 aromatic carbocycles. The van der Waals surface area contributed by atoms with E-state index in [0.717, 1.165) is 63.5 Å². The van der Waals surface area contributed by atoms with Crippen molar-refractivity contribution in [2.45, 2.75) is 79.1 Å². The van der Waals surface area contributed by atoms with Gasteiger partial charge in [-0.15, -0.1) is 0 Å². The lowest BCUT2D eigenvalue weighted by atomic mass is 9.95. The van der Waals surface area contributed by atoms with Crippen LogP contribution in [0.3, 0.4) is 0 Å². The summed E-state index contributed by atoms with van der Waals surface area (Å²) in [5.41, 5.74) is -1.32. The Kier molecular flexibility index (Phi) is 12.9. The maximum Gasteiger partial charge on any atom is 0.336 e. The summed E-state index contributed by atoms with van der Waals surface area (Å²) in [6.07, 6.45) is 7.78. The molecular weight excluding hydrogens is 436 g/mol. The van der Waals surface area contributed by atoms with Gasteiger partial charge in [-0.05, 0) is 36.8 Å². The first-order chi connectivity index (χ1) is 16.2. The Morgan fingerprint density at radius 2 is 1.03 bits per heavy atom. The highest BCUT2D eigenvalue weighted by Gasteiger charge is 2.26. The summed E-state index contributed by atoms with van der Waals surface area (Å²) < 4.78 is 0. The Labute approximate surface area is 202 Å². The predicted octanol–water partition coefficient (Wildman–Crippen LogP) is 4.98. The quantitative estimate of drug-likeness (QED) is 0.266. The second kappa shape index (κ2) is 15.1. The number of carbonyl (C=O) groups is 4. The molecule has 1 aromatic rings. The largest absolute Gasteiger partial charge is 0.478 e. The van der Waals surface area contributed by atoms with Gasteiger partial charge in [0, 0.05) is 13.1 Å². The number of hydrogen-bond donors (Lipinski definition) is 4. The van der Waals surface area contributed by atoms with Crippen LogP contribution in [0.5, 0.6) is 0 Å². The third-order valence-corrected chi connectivity index (χ3v) is 6.30. The van der Waals surface area contributed by atoms with Crippen LogP contribution in [-0.4, -0.2) is 47.1 Å². The molecule has 2 unspecified atom stereocenters. The van der Waals surface area contributed by atoms with E-state index >= 15 is 0 Å². The third kappa shape index (κ3) is 8.80. The van der Waals surface area contributed by atoms with Crippen molar-refractivity contribution in [3.05, 3.63) is 34.4 Å². The van der Waals surface area contributed by atoms with Gasteiger partial charge in [0.2, 0.25) is 0 Å². The van der Waals surface area contributed by atoms with Crippen molar-refractivity contribution in [2.75, 3.05) is 13.1 Å². The van der Waals surface area contributed by atoms with Crippen LogP contribution in [-0.2, 0) is 0 Å². The molecule has 0 aromatic heterocycles. The first kappa shape index (κ1) is 29.1. The fourth-order valence-electron chi connectivity index (χ4n) is 3.88. The molecule has 0 heterocycles. The standard InChI is InChI=1S/C26H40N2O6/c1-5-9-11-17(7-3)15-27-23(29)19-13-20(22(26(33)34)14-21(19)25(31)32)24(30)28-16-18(8-4)12-10-6-2/h13-14,17-18H,5-12,15-16H2,1-4H3,(H,27,29)(H,28,30)(H,31,32)(H,33,34). The van der Waals surface area contributed by atoms with Gasteiger partial charge in [-0.25, -0.2) is 9.59 Å².